The van der Waals surface area contributed by atoms with Gasteiger partial charge >= 0.3 is 0 Å². The lowest BCUT2D eigenvalue weighted by Crippen LogP contribution is -1.90. The molecule has 15 heavy (non-hydrogen) atoms. The molecule has 0 bridgehead atoms. The van der Waals surface area contributed by atoms with E-state index in [4.69, 9.17) is 11.6 Å². The summed E-state index contributed by atoms with van der Waals surface area (Å²) in [6, 6.07) is 6.07. The zero-order valence-corrected chi connectivity index (χ0v) is 8.12. The number of nitrogens with zero attached hydrogens (tertiary/aromatic N) is 1. The number of nitro groups is 1. The highest BCUT2D eigenvalue weighted by Crippen LogP contribution is 2.25. The van der Waals surface area contributed by atoms with Crippen LogP contribution in [-0.2, 0) is 0 Å². The molecule has 0 aliphatic rings. The summed E-state index contributed by atoms with van der Waals surface area (Å²) in [6.07, 6.45) is 0. The maximum absolute atomic E-state index is 10.9. The first-order valence-corrected chi connectivity index (χ1v) is 4.43. The van der Waals surface area contributed by atoms with E-state index in [2.05, 4.69) is 4.98 Å². The van der Waals surface area contributed by atoms with Crippen molar-refractivity contribution < 1.29 is 9.72 Å². The number of para-hydroxylation sites is 1. The zero-order chi connectivity index (χ0) is 11.0. The number of halogens is 1. The Morgan fingerprint density at radius 2 is 2.20 bits per heavy atom. The van der Waals surface area contributed by atoms with Crippen LogP contribution in [0.1, 0.15) is 10.5 Å². The number of benzene rings is 1. The van der Waals surface area contributed by atoms with E-state index in [1.165, 1.54) is 12.1 Å². The normalized spacial score (nSPS) is 10.5. The zero-order valence-electron chi connectivity index (χ0n) is 7.36. The van der Waals surface area contributed by atoms with Crippen LogP contribution in [0.4, 0.5) is 5.69 Å². The summed E-state index contributed by atoms with van der Waals surface area (Å²) < 4.78 is 0. The molecule has 1 heterocycles. The van der Waals surface area contributed by atoms with Crippen molar-refractivity contribution in [2.75, 3.05) is 0 Å². The summed E-state index contributed by atoms with van der Waals surface area (Å²) in [5.74, 6) is 0. The average Bonchev–Trinajstić information content (AvgIpc) is 2.60. The van der Waals surface area contributed by atoms with E-state index in [0.717, 1.165) is 0 Å². The molecule has 0 spiro atoms. The third kappa shape index (κ3) is 1.57. The predicted molar refractivity (Wildman–Crippen MR) is 55.1 cm³/mol. The topological polar surface area (TPSA) is 76.0 Å². The van der Waals surface area contributed by atoms with E-state index in [9.17, 15) is 14.9 Å². The van der Waals surface area contributed by atoms with E-state index in [-0.39, 0.29) is 11.4 Å². The van der Waals surface area contributed by atoms with Crippen molar-refractivity contribution in [1.82, 2.24) is 4.98 Å². The minimum absolute atomic E-state index is 0.0725. The van der Waals surface area contributed by atoms with Crippen molar-refractivity contribution in [3.8, 4) is 0 Å². The Balaban J connectivity index is 2.75. The largest absolute Gasteiger partial charge is 0.345 e. The second-order valence-corrected chi connectivity index (χ2v) is 3.30. The molecule has 0 aliphatic heterocycles. The first-order chi connectivity index (χ1) is 7.09. The molecule has 0 aliphatic carbocycles. The molecule has 6 heteroatoms. The number of carbonyl (C=O) groups excluding carboxylic acids is 1. The summed E-state index contributed by atoms with van der Waals surface area (Å²) in [5, 5.41) is 10.6. The van der Waals surface area contributed by atoms with Crippen LogP contribution in [0, 0.1) is 10.1 Å². The van der Waals surface area contributed by atoms with Gasteiger partial charge in [0.05, 0.1) is 10.6 Å². The molecule has 0 fully saturated rings. The smallest absolute Gasteiger partial charge is 0.293 e. The van der Waals surface area contributed by atoms with Gasteiger partial charge in [0.25, 0.3) is 10.9 Å². The monoisotopic (exact) mass is 224 g/mol. The van der Waals surface area contributed by atoms with Gasteiger partial charge in [-0.2, -0.15) is 0 Å². The molecular formula is C9H5ClN2O3. The number of fused-ring (bicyclic) bond motifs is 1. The summed E-state index contributed by atoms with van der Waals surface area (Å²) in [7, 11) is 0. The molecule has 0 radical (unpaired) electrons. The predicted octanol–water partition coefficient (Wildman–Crippen LogP) is 2.46. The van der Waals surface area contributed by atoms with Gasteiger partial charge < -0.3 is 4.98 Å². The van der Waals surface area contributed by atoms with Gasteiger partial charge in [-0.05, 0) is 17.7 Å². The highest BCUT2D eigenvalue weighted by atomic mass is 35.5. The number of rotatable bonds is 2. The molecule has 1 aromatic heterocycles. The number of aromatic amines is 1. The summed E-state index contributed by atoms with van der Waals surface area (Å²) in [4.78, 5) is 23.6. The first kappa shape index (κ1) is 9.67. The maximum atomic E-state index is 10.9. The SMILES string of the molecule is O=C(Cl)c1cc2cccc([N+](=O)[O-])c2[nH]1. The fourth-order valence-corrected chi connectivity index (χ4v) is 1.50. The Bertz CT molecular complexity index is 561. The average molecular weight is 225 g/mol. The number of aromatic nitrogens is 1. The van der Waals surface area contributed by atoms with Crippen LogP contribution in [0.5, 0.6) is 0 Å². The molecule has 2 aromatic rings. The van der Waals surface area contributed by atoms with Crippen molar-refractivity contribution in [1.29, 1.82) is 0 Å². The number of carbonyl (C=O) groups is 1. The van der Waals surface area contributed by atoms with Crippen molar-refractivity contribution in [3.05, 3.63) is 40.1 Å². The lowest BCUT2D eigenvalue weighted by Gasteiger charge is -1.92. The number of nitrogens with one attached hydrogen (secondary N) is 1. The molecule has 0 saturated carbocycles. The Hall–Kier alpha value is -1.88. The third-order valence-electron chi connectivity index (χ3n) is 2.04. The Labute approximate surface area is 88.8 Å². The molecular weight excluding hydrogens is 220 g/mol. The number of hydrogen-bond donors (Lipinski definition) is 1. The Morgan fingerprint density at radius 3 is 2.80 bits per heavy atom. The van der Waals surface area contributed by atoms with Crippen LogP contribution in [0.2, 0.25) is 0 Å². The van der Waals surface area contributed by atoms with Crippen LogP contribution >= 0.6 is 11.6 Å². The van der Waals surface area contributed by atoms with Gasteiger partial charge in [-0.25, -0.2) is 0 Å². The van der Waals surface area contributed by atoms with Crippen molar-refractivity contribution >= 4 is 33.4 Å². The van der Waals surface area contributed by atoms with E-state index in [1.54, 1.807) is 12.1 Å². The van der Waals surface area contributed by atoms with Crippen molar-refractivity contribution in [3.63, 3.8) is 0 Å². The summed E-state index contributed by atoms with van der Waals surface area (Å²) in [5.41, 5.74) is 0.393. The highest BCUT2D eigenvalue weighted by molar-refractivity contribution is 6.67. The van der Waals surface area contributed by atoms with Crippen LogP contribution in [0.3, 0.4) is 0 Å². The number of non-ortho nitro benzene ring substituents is 1. The molecule has 76 valence electrons. The number of hydrogen-bond acceptors (Lipinski definition) is 3. The number of H-pyrrole nitrogens is 1. The van der Waals surface area contributed by atoms with Gasteiger partial charge in [0.2, 0.25) is 0 Å². The Morgan fingerprint density at radius 1 is 1.47 bits per heavy atom. The maximum Gasteiger partial charge on any atom is 0.293 e. The molecule has 1 N–H and O–H groups in total. The van der Waals surface area contributed by atoms with Gasteiger partial charge in [-0.15, -0.1) is 0 Å². The molecule has 0 unspecified atom stereocenters. The quantitative estimate of drug-likeness (QED) is 0.484. The fourth-order valence-electron chi connectivity index (χ4n) is 1.40. The minimum Gasteiger partial charge on any atom is -0.345 e. The molecule has 2 rings (SSSR count). The van der Waals surface area contributed by atoms with Gasteiger partial charge in [0.1, 0.15) is 5.52 Å². The van der Waals surface area contributed by atoms with Gasteiger partial charge in [-0.1, -0.05) is 12.1 Å². The molecule has 1 aromatic carbocycles. The van der Waals surface area contributed by atoms with E-state index < -0.39 is 10.2 Å². The van der Waals surface area contributed by atoms with Crippen LogP contribution in [0.25, 0.3) is 10.9 Å². The second-order valence-electron chi connectivity index (χ2n) is 2.96. The standard InChI is InChI=1S/C9H5ClN2O3/c10-9(13)6-4-5-2-1-3-7(12(14)15)8(5)11-6/h1-4,11H. The fraction of sp³-hybridized carbons (Fsp3) is 0. The van der Waals surface area contributed by atoms with Crippen molar-refractivity contribution in [2.45, 2.75) is 0 Å². The molecule has 0 saturated heterocycles. The summed E-state index contributed by atoms with van der Waals surface area (Å²) in [6.45, 7) is 0. The second kappa shape index (κ2) is 3.36. The van der Waals surface area contributed by atoms with E-state index in [1.807, 2.05) is 0 Å². The van der Waals surface area contributed by atoms with E-state index >= 15 is 0 Å². The van der Waals surface area contributed by atoms with Gasteiger partial charge in [0, 0.05) is 11.5 Å². The highest BCUT2D eigenvalue weighted by Gasteiger charge is 2.15. The minimum atomic E-state index is -0.666. The van der Waals surface area contributed by atoms with Crippen LogP contribution in [-0.4, -0.2) is 15.1 Å². The first-order valence-electron chi connectivity index (χ1n) is 4.05. The Kier molecular flexibility index (Phi) is 2.17. The lowest BCUT2D eigenvalue weighted by atomic mass is 10.2. The van der Waals surface area contributed by atoms with Gasteiger partial charge in [-0.3, -0.25) is 14.9 Å². The van der Waals surface area contributed by atoms with Crippen LogP contribution in [0.15, 0.2) is 24.3 Å². The number of nitro benzene ring substituents is 1. The third-order valence-corrected chi connectivity index (χ3v) is 2.25. The summed E-state index contributed by atoms with van der Waals surface area (Å²) >= 11 is 5.27. The van der Waals surface area contributed by atoms with E-state index in [0.29, 0.717) is 10.9 Å². The van der Waals surface area contributed by atoms with Crippen LogP contribution < -0.4 is 0 Å². The van der Waals surface area contributed by atoms with Gasteiger partial charge in [0.15, 0.2) is 0 Å². The molecule has 0 amide bonds. The molecule has 0 atom stereocenters. The lowest BCUT2D eigenvalue weighted by molar-refractivity contribution is -0.383. The molecule has 5 nitrogen and oxygen atoms in total. The van der Waals surface area contributed by atoms with Crippen molar-refractivity contribution in [2.24, 2.45) is 0 Å².